The number of hydrogen-bond donors (Lipinski definition) is 2. The Hall–Kier alpha value is -1.10. The number of methoxy groups -OCH3 is 1. The van der Waals surface area contributed by atoms with Crippen molar-refractivity contribution in [2.24, 2.45) is 11.8 Å². The molecule has 0 aromatic heterocycles. The van der Waals surface area contributed by atoms with Gasteiger partial charge in [-0.3, -0.25) is 4.79 Å². The first-order valence-corrected chi connectivity index (χ1v) is 6.39. The van der Waals surface area contributed by atoms with Gasteiger partial charge in [0.2, 0.25) is 5.91 Å². The number of aliphatic hydroxyl groups excluding tert-OH is 1. The van der Waals surface area contributed by atoms with Gasteiger partial charge in [0.1, 0.15) is 12.1 Å². The molecule has 0 bridgehead atoms. The number of hydrogen-bond acceptors (Lipinski definition) is 4. The van der Waals surface area contributed by atoms with Crippen LogP contribution in [0.5, 0.6) is 0 Å². The predicted octanol–water partition coefficient (Wildman–Crippen LogP) is 1.10. The van der Waals surface area contributed by atoms with Gasteiger partial charge >= 0.3 is 5.97 Å². The van der Waals surface area contributed by atoms with Crippen molar-refractivity contribution in [3.05, 3.63) is 0 Å². The molecule has 0 heterocycles. The lowest BCUT2D eigenvalue weighted by Crippen LogP contribution is -2.49. The Morgan fingerprint density at radius 3 is 2.22 bits per heavy atom. The number of carbonyl (C=O) groups is 2. The monoisotopic (exact) mass is 259 g/mol. The lowest BCUT2D eigenvalue weighted by atomic mass is 9.98. The standard InChI is InChI=1S/C13H25NO4/c1-6-9(4)11(13(17)18-5)14-12(16)10(15)7-8(2)3/h8-11,15H,6-7H2,1-5H3,(H,14,16)/t9-,10-,11-/m1/s1. The largest absolute Gasteiger partial charge is 0.467 e. The zero-order valence-electron chi connectivity index (χ0n) is 11.9. The predicted molar refractivity (Wildman–Crippen MR) is 68.9 cm³/mol. The van der Waals surface area contributed by atoms with Gasteiger partial charge < -0.3 is 15.2 Å². The van der Waals surface area contributed by atoms with Crippen LogP contribution in [0.3, 0.4) is 0 Å². The van der Waals surface area contributed by atoms with E-state index in [4.69, 9.17) is 0 Å². The lowest BCUT2D eigenvalue weighted by molar-refractivity contribution is -0.148. The molecule has 0 saturated carbocycles. The van der Waals surface area contributed by atoms with Crippen LogP contribution >= 0.6 is 0 Å². The number of esters is 1. The summed E-state index contributed by atoms with van der Waals surface area (Å²) in [5.74, 6) is -0.813. The highest BCUT2D eigenvalue weighted by atomic mass is 16.5. The van der Waals surface area contributed by atoms with Crippen LogP contribution < -0.4 is 5.32 Å². The van der Waals surface area contributed by atoms with Gasteiger partial charge in [0.15, 0.2) is 0 Å². The maximum Gasteiger partial charge on any atom is 0.328 e. The molecule has 0 spiro atoms. The van der Waals surface area contributed by atoms with Gasteiger partial charge in [0, 0.05) is 0 Å². The van der Waals surface area contributed by atoms with Crippen molar-refractivity contribution in [2.45, 2.75) is 52.7 Å². The molecule has 0 rings (SSSR count). The van der Waals surface area contributed by atoms with Gasteiger partial charge in [-0.15, -0.1) is 0 Å². The summed E-state index contributed by atoms with van der Waals surface area (Å²) in [6, 6.07) is -0.700. The van der Waals surface area contributed by atoms with Crippen LogP contribution in [0.1, 0.15) is 40.5 Å². The Morgan fingerprint density at radius 2 is 1.83 bits per heavy atom. The molecular formula is C13H25NO4. The molecule has 106 valence electrons. The number of nitrogens with one attached hydrogen (secondary N) is 1. The summed E-state index contributed by atoms with van der Waals surface area (Å²) in [6.45, 7) is 7.62. The van der Waals surface area contributed by atoms with E-state index < -0.39 is 24.0 Å². The molecule has 0 aromatic rings. The minimum Gasteiger partial charge on any atom is -0.467 e. The molecular weight excluding hydrogens is 234 g/mol. The summed E-state index contributed by atoms with van der Waals surface area (Å²) in [4.78, 5) is 23.3. The molecule has 18 heavy (non-hydrogen) atoms. The third-order valence-corrected chi connectivity index (χ3v) is 2.96. The molecule has 0 radical (unpaired) electrons. The number of aliphatic hydroxyl groups is 1. The van der Waals surface area contributed by atoms with Gasteiger partial charge in [0.05, 0.1) is 7.11 Å². The van der Waals surface area contributed by atoms with Crippen molar-refractivity contribution >= 4 is 11.9 Å². The Morgan fingerprint density at radius 1 is 1.28 bits per heavy atom. The van der Waals surface area contributed by atoms with Crippen LogP contribution in [0.15, 0.2) is 0 Å². The third kappa shape index (κ3) is 5.49. The fraction of sp³-hybridized carbons (Fsp3) is 0.846. The average molecular weight is 259 g/mol. The third-order valence-electron chi connectivity index (χ3n) is 2.96. The highest BCUT2D eigenvalue weighted by Gasteiger charge is 2.29. The van der Waals surface area contributed by atoms with Gasteiger partial charge in [-0.2, -0.15) is 0 Å². The SMILES string of the molecule is CC[C@@H](C)[C@@H](NC(=O)[C@H](O)CC(C)C)C(=O)OC. The Labute approximate surface area is 109 Å². The first-order valence-electron chi connectivity index (χ1n) is 6.39. The van der Waals surface area contributed by atoms with E-state index in [2.05, 4.69) is 10.1 Å². The average Bonchev–Trinajstić information content (AvgIpc) is 2.32. The van der Waals surface area contributed by atoms with Gasteiger partial charge in [-0.05, 0) is 18.3 Å². The Balaban J connectivity index is 4.58. The summed E-state index contributed by atoms with van der Waals surface area (Å²) in [5, 5.41) is 12.2. The Kier molecular flexibility index (Phi) is 7.59. The van der Waals surface area contributed by atoms with E-state index in [0.717, 1.165) is 6.42 Å². The minimum atomic E-state index is -1.08. The highest BCUT2D eigenvalue weighted by Crippen LogP contribution is 2.11. The summed E-state index contributed by atoms with van der Waals surface area (Å²) in [6.07, 6.45) is 0.0295. The van der Waals surface area contributed by atoms with Crippen molar-refractivity contribution in [1.29, 1.82) is 0 Å². The second-order valence-electron chi connectivity index (χ2n) is 5.04. The Bertz CT molecular complexity index is 278. The van der Waals surface area contributed by atoms with Crippen LogP contribution in [0, 0.1) is 11.8 Å². The van der Waals surface area contributed by atoms with Crippen LogP contribution in [-0.4, -0.2) is 36.2 Å². The molecule has 0 aliphatic carbocycles. The molecule has 0 fully saturated rings. The summed E-state index contributed by atoms with van der Waals surface area (Å²) in [7, 11) is 1.29. The summed E-state index contributed by atoms with van der Waals surface area (Å²) >= 11 is 0. The molecule has 1 amide bonds. The smallest absolute Gasteiger partial charge is 0.328 e. The van der Waals surface area contributed by atoms with E-state index in [-0.39, 0.29) is 11.8 Å². The lowest BCUT2D eigenvalue weighted by Gasteiger charge is -2.23. The van der Waals surface area contributed by atoms with E-state index in [9.17, 15) is 14.7 Å². The van der Waals surface area contributed by atoms with Crippen molar-refractivity contribution in [2.75, 3.05) is 7.11 Å². The molecule has 5 heteroatoms. The first kappa shape index (κ1) is 16.9. The van der Waals surface area contributed by atoms with Gasteiger partial charge in [-0.1, -0.05) is 34.1 Å². The zero-order chi connectivity index (χ0) is 14.3. The van der Waals surface area contributed by atoms with E-state index >= 15 is 0 Å². The molecule has 0 aliphatic rings. The van der Waals surface area contributed by atoms with Crippen molar-refractivity contribution in [1.82, 2.24) is 5.32 Å². The topological polar surface area (TPSA) is 75.6 Å². The summed E-state index contributed by atoms with van der Waals surface area (Å²) in [5.41, 5.74) is 0. The van der Waals surface area contributed by atoms with Crippen LogP contribution in [0.25, 0.3) is 0 Å². The van der Waals surface area contributed by atoms with Crippen LogP contribution in [0.2, 0.25) is 0 Å². The fourth-order valence-corrected chi connectivity index (χ4v) is 1.60. The number of ether oxygens (including phenoxy) is 1. The van der Waals surface area contributed by atoms with Crippen molar-refractivity contribution < 1.29 is 19.4 Å². The molecule has 0 aromatic carbocycles. The van der Waals surface area contributed by atoms with Crippen LogP contribution in [-0.2, 0) is 14.3 Å². The molecule has 2 N–H and O–H groups in total. The van der Waals surface area contributed by atoms with Crippen LogP contribution in [0.4, 0.5) is 0 Å². The maximum absolute atomic E-state index is 11.8. The summed E-state index contributed by atoms with van der Waals surface area (Å²) < 4.78 is 4.66. The number of rotatable bonds is 7. The van der Waals surface area contributed by atoms with Crippen molar-refractivity contribution in [3.8, 4) is 0 Å². The first-order chi connectivity index (χ1) is 8.33. The van der Waals surface area contributed by atoms with E-state index in [0.29, 0.717) is 6.42 Å². The molecule has 0 unspecified atom stereocenters. The fourth-order valence-electron chi connectivity index (χ4n) is 1.60. The van der Waals surface area contributed by atoms with Crippen molar-refractivity contribution in [3.63, 3.8) is 0 Å². The van der Waals surface area contributed by atoms with E-state index in [1.165, 1.54) is 7.11 Å². The number of carbonyl (C=O) groups excluding carboxylic acids is 2. The quantitative estimate of drug-likeness (QED) is 0.671. The normalized spacial score (nSPS) is 15.9. The second kappa shape index (κ2) is 8.08. The molecule has 0 aliphatic heterocycles. The van der Waals surface area contributed by atoms with E-state index in [1.54, 1.807) is 0 Å². The van der Waals surface area contributed by atoms with Gasteiger partial charge in [0.25, 0.3) is 0 Å². The molecule has 3 atom stereocenters. The second-order valence-corrected chi connectivity index (χ2v) is 5.04. The van der Waals surface area contributed by atoms with E-state index in [1.807, 2.05) is 27.7 Å². The minimum absolute atomic E-state index is 0.0346. The maximum atomic E-state index is 11.8. The highest BCUT2D eigenvalue weighted by molar-refractivity contribution is 5.86. The zero-order valence-corrected chi connectivity index (χ0v) is 11.9. The molecule has 5 nitrogen and oxygen atoms in total. The number of amides is 1. The molecule has 0 saturated heterocycles. The van der Waals surface area contributed by atoms with Gasteiger partial charge in [-0.25, -0.2) is 4.79 Å².